The maximum absolute atomic E-state index is 12.8. The number of carbonyl (C=O) groups is 2. The zero-order valence-corrected chi connectivity index (χ0v) is 15.5. The fourth-order valence-electron chi connectivity index (χ4n) is 3.38. The largest absolute Gasteiger partial charge is 0.491 e. The van der Waals surface area contributed by atoms with Crippen LogP contribution in [0.1, 0.15) is 42.5 Å². The Labute approximate surface area is 159 Å². The van der Waals surface area contributed by atoms with Gasteiger partial charge in [-0.25, -0.2) is 0 Å². The Morgan fingerprint density at radius 1 is 1.07 bits per heavy atom. The zero-order chi connectivity index (χ0) is 19.1. The third-order valence-corrected chi connectivity index (χ3v) is 4.89. The summed E-state index contributed by atoms with van der Waals surface area (Å²) in [4.78, 5) is 25.3. The van der Waals surface area contributed by atoms with Crippen molar-refractivity contribution in [2.45, 2.75) is 44.3 Å². The first-order chi connectivity index (χ1) is 13.1. The summed E-state index contributed by atoms with van der Waals surface area (Å²) < 4.78 is 16.9. The van der Waals surface area contributed by atoms with E-state index in [0.717, 1.165) is 32.3 Å². The van der Waals surface area contributed by atoms with Crippen molar-refractivity contribution in [2.24, 2.45) is 0 Å². The summed E-state index contributed by atoms with van der Waals surface area (Å²) in [6.07, 6.45) is 3.99. The first-order valence-corrected chi connectivity index (χ1v) is 9.59. The van der Waals surface area contributed by atoms with Crippen LogP contribution in [0.4, 0.5) is 0 Å². The van der Waals surface area contributed by atoms with Gasteiger partial charge in [0.25, 0.3) is 5.91 Å². The van der Waals surface area contributed by atoms with Crippen molar-refractivity contribution in [1.82, 2.24) is 4.90 Å². The highest BCUT2D eigenvalue weighted by Crippen LogP contribution is 2.19. The molecule has 2 saturated heterocycles. The molecule has 1 aromatic rings. The van der Waals surface area contributed by atoms with Gasteiger partial charge in [-0.2, -0.15) is 0 Å². The lowest BCUT2D eigenvalue weighted by molar-refractivity contribution is -0.137. The molecule has 0 radical (unpaired) electrons. The summed E-state index contributed by atoms with van der Waals surface area (Å²) in [5.41, 5.74) is 0.517. The highest BCUT2D eigenvalue weighted by molar-refractivity contribution is 5.94. The van der Waals surface area contributed by atoms with Crippen molar-refractivity contribution < 1.29 is 28.9 Å². The molecule has 2 fully saturated rings. The van der Waals surface area contributed by atoms with E-state index in [0.29, 0.717) is 31.1 Å². The summed E-state index contributed by atoms with van der Waals surface area (Å²) in [6.45, 7) is 2.59. The molecule has 0 aromatic heterocycles. The van der Waals surface area contributed by atoms with Crippen LogP contribution in [0.3, 0.4) is 0 Å². The molecule has 2 atom stereocenters. The van der Waals surface area contributed by atoms with Gasteiger partial charge < -0.3 is 24.2 Å². The molecule has 1 amide bonds. The second kappa shape index (κ2) is 9.71. The van der Waals surface area contributed by atoms with Gasteiger partial charge in [0, 0.05) is 31.9 Å². The number of amides is 1. The third kappa shape index (κ3) is 5.94. The number of ether oxygens (including phenoxy) is 3. The lowest BCUT2D eigenvalue weighted by Crippen LogP contribution is -2.38. The molecule has 148 valence electrons. The van der Waals surface area contributed by atoms with Crippen LogP contribution in [-0.2, 0) is 14.3 Å². The van der Waals surface area contributed by atoms with Crippen LogP contribution in [0.2, 0.25) is 0 Å². The van der Waals surface area contributed by atoms with Gasteiger partial charge in [0.1, 0.15) is 12.4 Å². The van der Waals surface area contributed by atoms with E-state index in [-0.39, 0.29) is 31.1 Å². The highest BCUT2D eigenvalue weighted by atomic mass is 16.5. The molecule has 2 aliphatic heterocycles. The third-order valence-electron chi connectivity index (χ3n) is 4.89. The van der Waals surface area contributed by atoms with Crippen molar-refractivity contribution in [1.29, 1.82) is 0 Å². The van der Waals surface area contributed by atoms with Gasteiger partial charge >= 0.3 is 5.97 Å². The minimum absolute atomic E-state index is 0.0169. The Kier molecular flexibility index (Phi) is 7.06. The number of hydrogen-bond acceptors (Lipinski definition) is 5. The summed E-state index contributed by atoms with van der Waals surface area (Å²) in [5.74, 6) is -0.409. The van der Waals surface area contributed by atoms with Crippen LogP contribution in [0, 0.1) is 0 Å². The van der Waals surface area contributed by atoms with Crippen LogP contribution in [0.25, 0.3) is 0 Å². The molecule has 0 bridgehead atoms. The molecule has 0 saturated carbocycles. The number of benzene rings is 1. The molecule has 3 rings (SSSR count). The summed E-state index contributed by atoms with van der Waals surface area (Å²) in [5, 5.41) is 8.96. The Balaban J connectivity index is 1.58. The molecule has 7 nitrogen and oxygen atoms in total. The molecule has 2 heterocycles. The van der Waals surface area contributed by atoms with E-state index in [4.69, 9.17) is 19.3 Å². The lowest BCUT2D eigenvalue weighted by atomic mass is 10.1. The fourth-order valence-corrected chi connectivity index (χ4v) is 3.38. The second-order valence-electron chi connectivity index (χ2n) is 7.00. The molecule has 0 aliphatic carbocycles. The summed E-state index contributed by atoms with van der Waals surface area (Å²) >= 11 is 0. The number of rotatable bonds is 9. The average molecular weight is 377 g/mol. The first kappa shape index (κ1) is 19.6. The minimum Gasteiger partial charge on any atom is -0.491 e. The van der Waals surface area contributed by atoms with Crippen molar-refractivity contribution in [2.75, 3.05) is 32.9 Å². The van der Waals surface area contributed by atoms with Gasteiger partial charge in [0.05, 0.1) is 18.6 Å². The van der Waals surface area contributed by atoms with Gasteiger partial charge in [0.2, 0.25) is 0 Å². The maximum Gasteiger partial charge on any atom is 0.305 e. The van der Waals surface area contributed by atoms with E-state index < -0.39 is 5.97 Å². The number of carboxylic acids is 1. The molecule has 27 heavy (non-hydrogen) atoms. The number of hydrogen-bond donors (Lipinski definition) is 1. The van der Waals surface area contributed by atoms with Crippen LogP contribution >= 0.6 is 0 Å². The molecular formula is C20H27NO6. The van der Waals surface area contributed by atoms with E-state index in [9.17, 15) is 9.59 Å². The van der Waals surface area contributed by atoms with Crippen LogP contribution in [0.15, 0.2) is 24.3 Å². The normalized spacial score (nSPS) is 21.9. The predicted molar refractivity (Wildman–Crippen MR) is 98.0 cm³/mol. The molecule has 0 spiro atoms. The van der Waals surface area contributed by atoms with Crippen LogP contribution < -0.4 is 4.74 Å². The average Bonchev–Trinajstić information content (AvgIpc) is 3.37. The molecule has 0 unspecified atom stereocenters. The van der Waals surface area contributed by atoms with E-state index in [1.807, 2.05) is 0 Å². The molecule has 1 N–H and O–H groups in total. The Hall–Kier alpha value is -2.12. The predicted octanol–water partition coefficient (Wildman–Crippen LogP) is 2.34. The van der Waals surface area contributed by atoms with Crippen LogP contribution in [0.5, 0.6) is 5.75 Å². The van der Waals surface area contributed by atoms with Crippen molar-refractivity contribution in [3.63, 3.8) is 0 Å². The number of carbonyl (C=O) groups excluding carboxylic acids is 1. The molecule has 1 aromatic carbocycles. The zero-order valence-electron chi connectivity index (χ0n) is 15.5. The molecule has 7 heteroatoms. The highest BCUT2D eigenvalue weighted by Gasteiger charge is 2.24. The second-order valence-corrected chi connectivity index (χ2v) is 7.00. The number of aliphatic carboxylic acids is 1. The Morgan fingerprint density at radius 3 is 2.33 bits per heavy atom. The van der Waals surface area contributed by atoms with Gasteiger partial charge in [-0.3, -0.25) is 9.59 Å². The quantitative estimate of drug-likeness (QED) is 0.711. The Bertz CT molecular complexity index is 620. The molecule has 2 aliphatic rings. The van der Waals surface area contributed by atoms with Crippen molar-refractivity contribution in [3.8, 4) is 5.75 Å². The van der Waals surface area contributed by atoms with Gasteiger partial charge in [-0.1, -0.05) is 0 Å². The van der Waals surface area contributed by atoms with Crippen LogP contribution in [-0.4, -0.2) is 67.0 Å². The maximum atomic E-state index is 12.8. The fraction of sp³-hybridized carbons (Fsp3) is 0.600. The van der Waals surface area contributed by atoms with E-state index >= 15 is 0 Å². The van der Waals surface area contributed by atoms with Crippen molar-refractivity contribution >= 4 is 11.9 Å². The topological polar surface area (TPSA) is 85.3 Å². The van der Waals surface area contributed by atoms with Gasteiger partial charge in [-0.05, 0) is 49.9 Å². The van der Waals surface area contributed by atoms with E-state index in [2.05, 4.69) is 0 Å². The summed E-state index contributed by atoms with van der Waals surface area (Å²) in [7, 11) is 0. The Morgan fingerprint density at radius 2 is 1.74 bits per heavy atom. The first-order valence-electron chi connectivity index (χ1n) is 9.59. The smallest absolute Gasteiger partial charge is 0.305 e. The van der Waals surface area contributed by atoms with E-state index in [1.54, 1.807) is 29.2 Å². The van der Waals surface area contributed by atoms with Gasteiger partial charge in [-0.15, -0.1) is 0 Å². The monoisotopic (exact) mass is 377 g/mol. The van der Waals surface area contributed by atoms with Gasteiger partial charge in [0.15, 0.2) is 0 Å². The van der Waals surface area contributed by atoms with E-state index in [1.165, 1.54) is 0 Å². The summed E-state index contributed by atoms with van der Waals surface area (Å²) in [6, 6.07) is 6.97. The standard InChI is InChI=1S/C20H27NO6/c22-19(23)9-10-21(13-17-3-1-11-25-17)20(24)15-5-7-16(8-6-15)27-14-18-4-2-12-26-18/h5-8,17-18H,1-4,9-14H2,(H,22,23)/t17-,18+/m1/s1. The SMILES string of the molecule is O=C(O)CCN(C[C@H]1CCCO1)C(=O)c1ccc(OC[C@@H]2CCCO2)cc1. The number of nitrogens with zero attached hydrogens (tertiary/aromatic N) is 1. The number of carboxylic acid groups (broad SMARTS) is 1. The molecular weight excluding hydrogens is 350 g/mol. The minimum atomic E-state index is -0.919. The van der Waals surface area contributed by atoms with Crippen molar-refractivity contribution in [3.05, 3.63) is 29.8 Å². The lowest BCUT2D eigenvalue weighted by Gasteiger charge is -2.25.